The molecule has 214 valence electrons. The van der Waals surface area contributed by atoms with Crippen molar-refractivity contribution in [3.63, 3.8) is 0 Å². The Hall–Kier alpha value is -2.35. The fourth-order valence-electron chi connectivity index (χ4n) is 5.52. The lowest BCUT2D eigenvalue weighted by atomic mass is 9.87. The zero-order valence-corrected chi connectivity index (χ0v) is 24.6. The Morgan fingerprint density at radius 3 is 2.31 bits per heavy atom. The standard InChI is InChI=1S/C28H36ClF2N3O.C3H6O/c1-28(2,3)34-17-23(22-12-11-21(30)16-25(22)31)24(18-34)27(35)33-13-5-6-26(32(4)14-15-33)19-7-9-20(29)10-8-19;1-2-3-4/h7-12,16,23-24,26H,5-6,13-15,17-18H2,1-4H3;3H,2H2,1H3/t23-,24?,26?;/m0./s1. The van der Waals surface area contributed by atoms with E-state index >= 15 is 0 Å². The summed E-state index contributed by atoms with van der Waals surface area (Å²) >= 11 is 6.07. The first-order chi connectivity index (χ1) is 18.5. The predicted molar refractivity (Wildman–Crippen MR) is 153 cm³/mol. The molecule has 0 aromatic heterocycles. The van der Waals surface area contributed by atoms with Crippen LogP contribution in [0.3, 0.4) is 0 Å². The van der Waals surface area contributed by atoms with E-state index in [2.05, 4.69) is 49.8 Å². The molecular formula is C31H42ClF2N3O2. The quantitative estimate of drug-likeness (QED) is 0.410. The summed E-state index contributed by atoms with van der Waals surface area (Å²) in [6.07, 6.45) is 3.34. The van der Waals surface area contributed by atoms with E-state index in [0.717, 1.165) is 36.8 Å². The van der Waals surface area contributed by atoms with Crippen molar-refractivity contribution >= 4 is 23.8 Å². The van der Waals surface area contributed by atoms with Gasteiger partial charge >= 0.3 is 0 Å². The van der Waals surface area contributed by atoms with Gasteiger partial charge in [0, 0.05) is 67.7 Å². The molecule has 39 heavy (non-hydrogen) atoms. The Morgan fingerprint density at radius 1 is 1.05 bits per heavy atom. The number of carbonyl (C=O) groups excluding carboxylic acids is 2. The second-order valence-corrected chi connectivity index (χ2v) is 12.0. The smallest absolute Gasteiger partial charge is 0.227 e. The Labute approximate surface area is 237 Å². The van der Waals surface area contributed by atoms with Crippen LogP contribution in [0.25, 0.3) is 0 Å². The number of carbonyl (C=O) groups is 2. The number of likely N-dealkylation sites (tertiary alicyclic amines) is 1. The second kappa shape index (κ2) is 13.8. The van der Waals surface area contributed by atoms with Crippen molar-refractivity contribution in [3.05, 3.63) is 70.2 Å². The SMILES string of the molecule is CCC=O.CN1CCN(C(=O)C2CN(C(C)(C)C)C[C@H]2c2ccc(F)cc2F)CCCC1c1ccc(Cl)cc1. The van der Waals surface area contributed by atoms with Gasteiger partial charge in [-0.1, -0.05) is 36.7 Å². The van der Waals surface area contributed by atoms with E-state index in [-0.39, 0.29) is 29.3 Å². The van der Waals surface area contributed by atoms with E-state index in [1.54, 1.807) is 0 Å². The van der Waals surface area contributed by atoms with E-state index < -0.39 is 11.6 Å². The summed E-state index contributed by atoms with van der Waals surface area (Å²) in [6.45, 7) is 11.4. The van der Waals surface area contributed by atoms with Gasteiger partial charge in [-0.2, -0.15) is 0 Å². The minimum atomic E-state index is -0.596. The normalized spacial score (nSPS) is 23.0. The van der Waals surface area contributed by atoms with E-state index in [1.165, 1.54) is 17.7 Å². The highest BCUT2D eigenvalue weighted by molar-refractivity contribution is 6.30. The van der Waals surface area contributed by atoms with Gasteiger partial charge in [-0.15, -0.1) is 0 Å². The van der Waals surface area contributed by atoms with Gasteiger partial charge in [0.2, 0.25) is 5.91 Å². The fourth-order valence-corrected chi connectivity index (χ4v) is 5.65. The molecule has 0 radical (unpaired) electrons. The van der Waals surface area contributed by atoms with Crippen LogP contribution >= 0.6 is 11.6 Å². The molecule has 2 unspecified atom stereocenters. The van der Waals surface area contributed by atoms with Crippen LogP contribution < -0.4 is 0 Å². The van der Waals surface area contributed by atoms with Crippen LogP contribution in [0.15, 0.2) is 42.5 Å². The van der Waals surface area contributed by atoms with Crippen molar-refractivity contribution in [2.45, 2.75) is 64.5 Å². The summed E-state index contributed by atoms with van der Waals surface area (Å²) in [5.74, 6) is -1.74. The lowest BCUT2D eigenvalue weighted by Gasteiger charge is -2.36. The number of likely N-dealkylation sites (N-methyl/N-ethyl adjacent to an activating group) is 1. The molecule has 8 heteroatoms. The average Bonchev–Trinajstić information content (AvgIpc) is 3.33. The lowest BCUT2D eigenvalue weighted by molar-refractivity contribution is -0.136. The molecule has 2 saturated heterocycles. The molecule has 2 heterocycles. The summed E-state index contributed by atoms with van der Waals surface area (Å²) in [4.78, 5) is 29.5. The zero-order chi connectivity index (χ0) is 28.7. The molecule has 0 saturated carbocycles. The molecule has 4 rings (SSSR count). The van der Waals surface area contributed by atoms with Crippen LogP contribution in [0.5, 0.6) is 0 Å². The monoisotopic (exact) mass is 561 g/mol. The first-order valence-electron chi connectivity index (χ1n) is 13.8. The van der Waals surface area contributed by atoms with Crippen molar-refractivity contribution in [2.24, 2.45) is 5.92 Å². The van der Waals surface area contributed by atoms with Crippen LogP contribution in [-0.2, 0) is 9.59 Å². The number of rotatable bonds is 4. The van der Waals surface area contributed by atoms with Gasteiger partial charge in [0.25, 0.3) is 0 Å². The van der Waals surface area contributed by atoms with Crippen LogP contribution in [0.2, 0.25) is 5.02 Å². The highest BCUT2D eigenvalue weighted by Gasteiger charge is 2.44. The lowest BCUT2D eigenvalue weighted by Crippen LogP contribution is -2.46. The summed E-state index contributed by atoms with van der Waals surface area (Å²) in [6, 6.07) is 12.0. The van der Waals surface area contributed by atoms with Crippen molar-refractivity contribution in [1.82, 2.24) is 14.7 Å². The van der Waals surface area contributed by atoms with Crippen LogP contribution in [-0.4, -0.2) is 72.2 Å². The van der Waals surface area contributed by atoms with E-state index in [9.17, 15) is 18.4 Å². The summed E-state index contributed by atoms with van der Waals surface area (Å²) in [7, 11) is 2.10. The molecule has 2 aliphatic rings. The molecule has 1 amide bonds. The molecule has 2 aromatic rings. The third-order valence-electron chi connectivity index (χ3n) is 7.84. The number of nitrogens with zero attached hydrogens (tertiary/aromatic N) is 3. The molecule has 2 aromatic carbocycles. The first kappa shape index (κ1) is 31.2. The highest BCUT2D eigenvalue weighted by atomic mass is 35.5. The van der Waals surface area contributed by atoms with Gasteiger partial charge in [-0.05, 0) is 70.0 Å². The molecule has 0 aliphatic carbocycles. The number of hydrogen-bond donors (Lipinski definition) is 0. The summed E-state index contributed by atoms with van der Waals surface area (Å²) in [5, 5.41) is 0.729. The maximum Gasteiger partial charge on any atom is 0.227 e. The van der Waals surface area contributed by atoms with Crippen molar-refractivity contribution in [3.8, 4) is 0 Å². The molecular weight excluding hydrogens is 520 g/mol. The Morgan fingerprint density at radius 2 is 1.72 bits per heavy atom. The molecule has 0 spiro atoms. The topological polar surface area (TPSA) is 43.9 Å². The molecule has 3 atom stereocenters. The Kier molecular flexibility index (Phi) is 11.1. The van der Waals surface area contributed by atoms with Gasteiger partial charge in [-0.3, -0.25) is 14.6 Å². The van der Waals surface area contributed by atoms with Crippen molar-refractivity contribution in [2.75, 3.05) is 39.8 Å². The minimum Gasteiger partial charge on any atom is -0.341 e. The maximum atomic E-state index is 14.8. The maximum absolute atomic E-state index is 14.8. The number of aldehydes is 1. The van der Waals surface area contributed by atoms with Crippen LogP contribution in [0.4, 0.5) is 8.78 Å². The fraction of sp³-hybridized carbons (Fsp3) is 0.548. The third kappa shape index (κ3) is 8.09. The average molecular weight is 562 g/mol. The van der Waals surface area contributed by atoms with Crippen molar-refractivity contribution < 1.29 is 18.4 Å². The minimum absolute atomic E-state index is 0.0730. The largest absolute Gasteiger partial charge is 0.341 e. The third-order valence-corrected chi connectivity index (χ3v) is 8.09. The second-order valence-electron chi connectivity index (χ2n) is 11.5. The number of amides is 1. The molecule has 2 aliphatic heterocycles. The van der Waals surface area contributed by atoms with E-state index in [0.29, 0.717) is 38.2 Å². The molecule has 2 fully saturated rings. The number of halogens is 3. The number of benzene rings is 2. The van der Waals surface area contributed by atoms with Gasteiger partial charge in [-0.25, -0.2) is 8.78 Å². The summed E-state index contributed by atoms with van der Waals surface area (Å²) in [5.41, 5.74) is 1.52. The summed E-state index contributed by atoms with van der Waals surface area (Å²) < 4.78 is 28.4. The van der Waals surface area contributed by atoms with Gasteiger partial charge in [0.15, 0.2) is 0 Å². The van der Waals surface area contributed by atoms with E-state index in [1.807, 2.05) is 24.0 Å². The molecule has 0 bridgehead atoms. The van der Waals surface area contributed by atoms with Crippen LogP contribution in [0.1, 0.15) is 70.0 Å². The Bertz CT molecular complexity index is 1110. The Balaban J connectivity index is 0.000000983. The van der Waals surface area contributed by atoms with Gasteiger partial charge in [0.05, 0.1) is 5.92 Å². The first-order valence-corrected chi connectivity index (χ1v) is 14.2. The van der Waals surface area contributed by atoms with Crippen molar-refractivity contribution in [1.29, 1.82) is 0 Å². The van der Waals surface area contributed by atoms with E-state index in [4.69, 9.17) is 11.6 Å². The van der Waals surface area contributed by atoms with Crippen LogP contribution in [0, 0.1) is 17.6 Å². The molecule has 5 nitrogen and oxygen atoms in total. The molecule has 0 N–H and O–H groups in total. The van der Waals surface area contributed by atoms with Gasteiger partial charge in [0.1, 0.15) is 17.9 Å². The highest BCUT2D eigenvalue weighted by Crippen LogP contribution is 2.39. The predicted octanol–water partition coefficient (Wildman–Crippen LogP) is 6.32. The van der Waals surface area contributed by atoms with Gasteiger partial charge < -0.3 is 9.69 Å². The zero-order valence-electron chi connectivity index (χ0n) is 23.8. The number of hydrogen-bond acceptors (Lipinski definition) is 4.